The molecule has 2 rings (SSSR count). The van der Waals surface area contributed by atoms with Crippen LogP contribution in [0.25, 0.3) is 5.69 Å². The van der Waals surface area contributed by atoms with Crippen LogP contribution in [0, 0.1) is 0 Å². The predicted molar refractivity (Wildman–Crippen MR) is 101 cm³/mol. The molecule has 5 nitrogen and oxygen atoms in total. The van der Waals surface area contributed by atoms with E-state index in [4.69, 9.17) is 34.8 Å². The number of hydrogen-bond acceptors (Lipinski definition) is 4. The van der Waals surface area contributed by atoms with Gasteiger partial charge in [0.2, 0.25) is 0 Å². The molecule has 8 heteroatoms. The van der Waals surface area contributed by atoms with Gasteiger partial charge in [0.1, 0.15) is 5.02 Å². The zero-order chi connectivity index (χ0) is 17.7. The topological polar surface area (TPSA) is 50.2 Å². The summed E-state index contributed by atoms with van der Waals surface area (Å²) >= 11 is 18.0. The molecule has 1 heterocycles. The molecule has 0 spiro atoms. The number of nitrogens with zero attached hydrogens (tertiary/aromatic N) is 3. The Morgan fingerprint density at radius 2 is 1.88 bits per heavy atom. The summed E-state index contributed by atoms with van der Waals surface area (Å²) in [7, 11) is 0. The van der Waals surface area contributed by atoms with Gasteiger partial charge in [-0.15, -0.1) is 0 Å². The summed E-state index contributed by atoms with van der Waals surface area (Å²) in [5.74, 6) is 0. The molecule has 24 heavy (non-hydrogen) atoms. The van der Waals surface area contributed by atoms with Gasteiger partial charge in [-0.05, 0) is 31.3 Å². The van der Waals surface area contributed by atoms with Crippen molar-refractivity contribution in [3.63, 3.8) is 0 Å². The fourth-order valence-electron chi connectivity index (χ4n) is 2.26. The lowest BCUT2D eigenvalue weighted by Crippen LogP contribution is -2.28. The Bertz CT molecular complexity index is 759. The van der Waals surface area contributed by atoms with E-state index >= 15 is 0 Å². The van der Waals surface area contributed by atoms with Crippen LogP contribution in [0.2, 0.25) is 15.1 Å². The zero-order valence-corrected chi connectivity index (χ0v) is 15.8. The van der Waals surface area contributed by atoms with Crippen molar-refractivity contribution in [2.24, 2.45) is 0 Å². The Balaban J connectivity index is 2.16. The van der Waals surface area contributed by atoms with Gasteiger partial charge in [0.05, 0.1) is 27.6 Å². The normalized spacial score (nSPS) is 11.1. The molecule has 0 amide bonds. The first-order valence-electron chi connectivity index (χ1n) is 7.67. The number of halogens is 3. The first-order chi connectivity index (χ1) is 11.5. The molecule has 0 saturated heterocycles. The van der Waals surface area contributed by atoms with Crippen LogP contribution in [0.4, 0.5) is 5.69 Å². The molecule has 130 valence electrons. The largest absolute Gasteiger partial charge is 0.383 e. The summed E-state index contributed by atoms with van der Waals surface area (Å²) in [6.07, 6.45) is 1.33. The third-order valence-corrected chi connectivity index (χ3v) is 4.77. The van der Waals surface area contributed by atoms with Crippen molar-refractivity contribution in [1.82, 2.24) is 14.7 Å². The highest BCUT2D eigenvalue weighted by Crippen LogP contribution is 2.24. The maximum Gasteiger partial charge on any atom is 0.291 e. The Labute approximate surface area is 156 Å². The molecule has 0 fully saturated rings. The third kappa shape index (κ3) is 4.42. The summed E-state index contributed by atoms with van der Waals surface area (Å²) in [4.78, 5) is 14.4. The highest BCUT2D eigenvalue weighted by atomic mass is 35.5. The maximum atomic E-state index is 12.1. The smallest absolute Gasteiger partial charge is 0.291 e. The van der Waals surface area contributed by atoms with Crippen LogP contribution < -0.4 is 10.9 Å². The first-order valence-corrected chi connectivity index (χ1v) is 8.80. The van der Waals surface area contributed by atoms with Gasteiger partial charge < -0.3 is 10.2 Å². The van der Waals surface area contributed by atoms with Crippen molar-refractivity contribution in [2.45, 2.75) is 13.8 Å². The molecule has 0 bridgehead atoms. The lowest BCUT2D eigenvalue weighted by atomic mass is 10.2. The molecular weight excluding hydrogens is 371 g/mol. The second-order valence-corrected chi connectivity index (χ2v) is 6.33. The average Bonchev–Trinajstić information content (AvgIpc) is 2.58. The second-order valence-electron chi connectivity index (χ2n) is 5.14. The van der Waals surface area contributed by atoms with Crippen LogP contribution in [0.1, 0.15) is 13.8 Å². The number of nitrogens with one attached hydrogen (secondary N) is 1. The van der Waals surface area contributed by atoms with Crippen LogP contribution in [-0.4, -0.2) is 40.9 Å². The SMILES string of the molecule is CCN(CC)CCNc1ccc(-n2ncc(Cl)c(Cl)c2=O)cc1Cl. The van der Waals surface area contributed by atoms with Crippen molar-refractivity contribution in [1.29, 1.82) is 0 Å². The first kappa shape index (κ1) is 19.1. The van der Waals surface area contributed by atoms with E-state index in [-0.39, 0.29) is 10.0 Å². The molecule has 1 N–H and O–H groups in total. The van der Waals surface area contributed by atoms with Gasteiger partial charge in [0.25, 0.3) is 5.56 Å². The van der Waals surface area contributed by atoms with Gasteiger partial charge >= 0.3 is 0 Å². The summed E-state index contributed by atoms with van der Waals surface area (Å²) in [5.41, 5.74) is 0.848. The van der Waals surface area contributed by atoms with Crippen molar-refractivity contribution in [2.75, 3.05) is 31.5 Å². The van der Waals surface area contributed by atoms with E-state index in [1.807, 2.05) is 6.07 Å². The summed E-state index contributed by atoms with van der Waals surface area (Å²) in [5, 5.41) is 7.85. The monoisotopic (exact) mass is 388 g/mol. The maximum absolute atomic E-state index is 12.1. The summed E-state index contributed by atoms with van der Waals surface area (Å²) < 4.78 is 1.17. The van der Waals surface area contributed by atoms with E-state index in [0.29, 0.717) is 10.7 Å². The highest BCUT2D eigenvalue weighted by Gasteiger charge is 2.11. The molecule has 0 radical (unpaired) electrons. The quantitative estimate of drug-likeness (QED) is 0.779. The fraction of sp³-hybridized carbons (Fsp3) is 0.375. The number of aromatic nitrogens is 2. The fourth-order valence-corrected chi connectivity index (χ4v) is 2.76. The van der Waals surface area contributed by atoms with E-state index < -0.39 is 5.56 Å². The van der Waals surface area contributed by atoms with Crippen LogP contribution in [-0.2, 0) is 0 Å². The van der Waals surface area contributed by atoms with Gasteiger partial charge in [0, 0.05) is 13.1 Å². The van der Waals surface area contributed by atoms with Gasteiger partial charge in [-0.1, -0.05) is 48.7 Å². The van der Waals surface area contributed by atoms with Crippen molar-refractivity contribution in [3.8, 4) is 5.69 Å². The standard InChI is InChI=1S/C16H19Cl3N4O/c1-3-22(4-2)8-7-20-14-6-5-11(9-12(14)17)23-16(24)15(19)13(18)10-21-23/h5-6,9-10,20H,3-4,7-8H2,1-2H3. The molecule has 0 saturated carbocycles. The van der Waals surface area contributed by atoms with Gasteiger partial charge in [-0.2, -0.15) is 9.78 Å². The van der Waals surface area contributed by atoms with E-state index in [1.54, 1.807) is 12.1 Å². The second kappa shape index (κ2) is 8.72. The van der Waals surface area contributed by atoms with Crippen molar-refractivity contribution < 1.29 is 0 Å². The van der Waals surface area contributed by atoms with Crippen LogP contribution in [0.15, 0.2) is 29.2 Å². The summed E-state index contributed by atoms with van der Waals surface area (Å²) in [6.45, 7) is 8.00. The molecule has 0 atom stereocenters. The predicted octanol–water partition coefficient (Wildman–Crippen LogP) is 3.95. The Kier molecular flexibility index (Phi) is 6.92. The molecule has 1 aromatic heterocycles. The van der Waals surface area contributed by atoms with E-state index in [1.165, 1.54) is 10.9 Å². The number of rotatable bonds is 7. The number of anilines is 1. The van der Waals surface area contributed by atoms with Crippen LogP contribution in [0.3, 0.4) is 0 Å². The van der Waals surface area contributed by atoms with Crippen LogP contribution in [0.5, 0.6) is 0 Å². The summed E-state index contributed by atoms with van der Waals surface area (Å²) in [6, 6.07) is 5.24. The van der Waals surface area contributed by atoms with E-state index in [9.17, 15) is 4.79 Å². The molecule has 1 aromatic carbocycles. The van der Waals surface area contributed by atoms with Gasteiger partial charge in [0.15, 0.2) is 0 Å². The lowest BCUT2D eigenvalue weighted by molar-refractivity contribution is 0.316. The minimum atomic E-state index is -0.484. The molecule has 0 aliphatic carbocycles. The Morgan fingerprint density at radius 1 is 1.17 bits per heavy atom. The molecular formula is C16H19Cl3N4O. The Hall–Kier alpha value is -1.27. The lowest BCUT2D eigenvalue weighted by Gasteiger charge is -2.19. The molecule has 0 aliphatic heterocycles. The minimum absolute atomic E-state index is 0.0655. The zero-order valence-electron chi connectivity index (χ0n) is 13.5. The third-order valence-electron chi connectivity index (χ3n) is 3.71. The average molecular weight is 390 g/mol. The number of hydrogen-bond donors (Lipinski definition) is 1. The minimum Gasteiger partial charge on any atom is -0.383 e. The highest BCUT2D eigenvalue weighted by molar-refractivity contribution is 6.41. The van der Waals surface area contributed by atoms with E-state index in [2.05, 4.69) is 29.2 Å². The number of benzene rings is 1. The molecule has 0 unspecified atom stereocenters. The van der Waals surface area contributed by atoms with Gasteiger partial charge in [-0.25, -0.2) is 0 Å². The van der Waals surface area contributed by atoms with Gasteiger partial charge in [-0.3, -0.25) is 4.79 Å². The molecule has 2 aromatic rings. The Morgan fingerprint density at radius 3 is 2.50 bits per heavy atom. The van der Waals surface area contributed by atoms with Crippen molar-refractivity contribution >= 4 is 40.5 Å². The van der Waals surface area contributed by atoms with Crippen molar-refractivity contribution in [3.05, 3.63) is 49.8 Å². The van der Waals surface area contributed by atoms with Crippen LogP contribution >= 0.6 is 34.8 Å². The number of likely N-dealkylation sites (N-methyl/N-ethyl adjacent to an activating group) is 1. The van der Waals surface area contributed by atoms with E-state index in [0.717, 1.165) is 31.9 Å². The molecule has 0 aliphatic rings.